The number of H-pyrrole nitrogens is 1. The second kappa shape index (κ2) is 8.30. The number of nitrogens with zero attached hydrogens (tertiary/aromatic N) is 1. The summed E-state index contributed by atoms with van der Waals surface area (Å²) in [6.45, 7) is 1.91. The van der Waals surface area contributed by atoms with Gasteiger partial charge >= 0.3 is 0 Å². The molecule has 3 heterocycles. The standard InChI is InChI=1S/C19H23N3O5/c23-19(20-7-6-14-3-1-2-8-24-14)16-9-13(21-22-16)11-25-15-4-5-17-18(10-15)27-12-26-17/h4-5,9-10,14H,1-3,6-8,11-12H2,(H,20,23)(H,21,22)/t14-/m1/s1. The van der Waals surface area contributed by atoms with Crippen LogP contribution in [0.3, 0.4) is 0 Å². The van der Waals surface area contributed by atoms with E-state index >= 15 is 0 Å². The molecule has 1 aromatic heterocycles. The molecule has 0 saturated carbocycles. The van der Waals surface area contributed by atoms with Gasteiger partial charge in [0, 0.05) is 19.2 Å². The van der Waals surface area contributed by atoms with Gasteiger partial charge in [0.05, 0.1) is 11.8 Å². The fourth-order valence-corrected chi connectivity index (χ4v) is 3.15. The third kappa shape index (κ3) is 4.51. The molecular formula is C19H23N3O5. The van der Waals surface area contributed by atoms with Crippen molar-refractivity contribution in [1.29, 1.82) is 0 Å². The minimum Gasteiger partial charge on any atom is -0.487 e. The summed E-state index contributed by atoms with van der Waals surface area (Å²) in [6.07, 6.45) is 4.48. The number of carbonyl (C=O) groups excluding carboxylic acids is 1. The summed E-state index contributed by atoms with van der Waals surface area (Å²) in [7, 11) is 0. The van der Waals surface area contributed by atoms with E-state index in [1.165, 1.54) is 6.42 Å². The van der Waals surface area contributed by atoms with Crippen LogP contribution in [0.2, 0.25) is 0 Å². The third-order valence-electron chi connectivity index (χ3n) is 4.63. The smallest absolute Gasteiger partial charge is 0.271 e. The van der Waals surface area contributed by atoms with Crippen molar-refractivity contribution in [1.82, 2.24) is 15.5 Å². The van der Waals surface area contributed by atoms with Gasteiger partial charge in [-0.1, -0.05) is 0 Å². The Bertz CT molecular complexity index is 785. The van der Waals surface area contributed by atoms with E-state index in [2.05, 4.69) is 15.5 Å². The molecule has 1 atom stereocenters. The molecule has 0 spiro atoms. The van der Waals surface area contributed by atoms with Crippen molar-refractivity contribution in [3.8, 4) is 17.2 Å². The van der Waals surface area contributed by atoms with Crippen LogP contribution in [0.1, 0.15) is 41.9 Å². The fourth-order valence-electron chi connectivity index (χ4n) is 3.15. The second-order valence-electron chi connectivity index (χ2n) is 6.62. The molecule has 0 bridgehead atoms. The lowest BCUT2D eigenvalue weighted by Crippen LogP contribution is -2.29. The molecule has 144 valence electrons. The Morgan fingerprint density at radius 1 is 1.26 bits per heavy atom. The summed E-state index contributed by atoms with van der Waals surface area (Å²) in [4.78, 5) is 12.2. The number of rotatable bonds is 7. The maximum absolute atomic E-state index is 12.2. The lowest BCUT2D eigenvalue weighted by molar-refractivity contribution is 0.0117. The van der Waals surface area contributed by atoms with Crippen LogP contribution < -0.4 is 19.5 Å². The number of fused-ring (bicyclic) bond motifs is 1. The van der Waals surface area contributed by atoms with Gasteiger partial charge in [-0.25, -0.2) is 0 Å². The highest BCUT2D eigenvalue weighted by atomic mass is 16.7. The number of carbonyl (C=O) groups is 1. The first-order valence-electron chi connectivity index (χ1n) is 9.24. The molecule has 2 aromatic rings. The van der Waals surface area contributed by atoms with Gasteiger partial charge < -0.3 is 24.3 Å². The minimum atomic E-state index is -0.198. The van der Waals surface area contributed by atoms with Crippen LogP contribution in [0.25, 0.3) is 0 Å². The molecule has 0 aliphatic carbocycles. The molecule has 2 aliphatic rings. The number of aromatic amines is 1. The molecule has 1 fully saturated rings. The molecule has 2 N–H and O–H groups in total. The zero-order valence-corrected chi connectivity index (χ0v) is 15.0. The molecule has 2 aliphatic heterocycles. The predicted octanol–water partition coefficient (Wildman–Crippen LogP) is 2.41. The molecule has 8 nitrogen and oxygen atoms in total. The molecule has 4 rings (SSSR count). The highest BCUT2D eigenvalue weighted by Gasteiger charge is 2.16. The zero-order valence-electron chi connectivity index (χ0n) is 15.0. The van der Waals surface area contributed by atoms with E-state index in [-0.39, 0.29) is 25.4 Å². The van der Waals surface area contributed by atoms with E-state index in [1.807, 2.05) is 6.07 Å². The molecule has 27 heavy (non-hydrogen) atoms. The zero-order chi connectivity index (χ0) is 18.5. The van der Waals surface area contributed by atoms with Crippen LogP contribution in [-0.2, 0) is 11.3 Å². The SMILES string of the molecule is O=C(NCC[C@H]1CCCCO1)c1cc(COc2ccc3c(c2)OCO3)[nH]n1. The maximum atomic E-state index is 12.2. The van der Waals surface area contributed by atoms with Crippen LogP contribution in [0.5, 0.6) is 17.2 Å². The second-order valence-corrected chi connectivity index (χ2v) is 6.62. The Hall–Kier alpha value is -2.74. The highest BCUT2D eigenvalue weighted by molar-refractivity contribution is 5.92. The average Bonchev–Trinajstić information content (AvgIpc) is 3.36. The lowest BCUT2D eigenvalue weighted by atomic mass is 10.1. The van der Waals surface area contributed by atoms with Crippen LogP contribution in [0.15, 0.2) is 24.3 Å². The summed E-state index contributed by atoms with van der Waals surface area (Å²) >= 11 is 0. The topological polar surface area (TPSA) is 94.7 Å². The maximum Gasteiger partial charge on any atom is 0.271 e. The summed E-state index contributed by atoms with van der Waals surface area (Å²) in [5.74, 6) is 1.84. The fraction of sp³-hybridized carbons (Fsp3) is 0.474. The first-order chi connectivity index (χ1) is 13.3. The summed E-state index contributed by atoms with van der Waals surface area (Å²) < 4.78 is 22.0. The van der Waals surface area contributed by atoms with Gasteiger partial charge in [0.2, 0.25) is 6.79 Å². The van der Waals surface area contributed by atoms with Crippen molar-refractivity contribution in [2.24, 2.45) is 0 Å². The Kier molecular flexibility index (Phi) is 5.43. The van der Waals surface area contributed by atoms with Crippen LogP contribution in [-0.4, -0.2) is 42.2 Å². The van der Waals surface area contributed by atoms with Crippen LogP contribution >= 0.6 is 0 Å². The lowest BCUT2D eigenvalue weighted by Gasteiger charge is -2.22. The molecule has 1 amide bonds. The van der Waals surface area contributed by atoms with Crippen molar-refractivity contribution >= 4 is 5.91 Å². The highest BCUT2D eigenvalue weighted by Crippen LogP contribution is 2.35. The van der Waals surface area contributed by atoms with Gasteiger partial charge in [-0.2, -0.15) is 5.10 Å². The van der Waals surface area contributed by atoms with E-state index in [4.69, 9.17) is 18.9 Å². The largest absolute Gasteiger partial charge is 0.487 e. The van der Waals surface area contributed by atoms with Crippen molar-refractivity contribution in [3.05, 3.63) is 35.7 Å². The van der Waals surface area contributed by atoms with Gasteiger partial charge in [0.25, 0.3) is 5.91 Å². The van der Waals surface area contributed by atoms with Gasteiger partial charge in [-0.3, -0.25) is 9.89 Å². The van der Waals surface area contributed by atoms with Crippen LogP contribution in [0.4, 0.5) is 0 Å². The number of nitrogens with one attached hydrogen (secondary N) is 2. The van der Waals surface area contributed by atoms with Crippen molar-refractivity contribution < 1.29 is 23.7 Å². The number of hydrogen-bond acceptors (Lipinski definition) is 6. The van der Waals surface area contributed by atoms with Gasteiger partial charge in [0.1, 0.15) is 18.1 Å². The number of amides is 1. The predicted molar refractivity (Wildman–Crippen MR) is 96.0 cm³/mol. The first-order valence-corrected chi connectivity index (χ1v) is 9.24. The summed E-state index contributed by atoms with van der Waals surface area (Å²) in [6, 6.07) is 7.09. The summed E-state index contributed by atoms with van der Waals surface area (Å²) in [5.41, 5.74) is 1.07. The van der Waals surface area contributed by atoms with E-state index in [0.717, 1.165) is 25.9 Å². The molecule has 1 aromatic carbocycles. The van der Waals surface area contributed by atoms with Gasteiger partial charge in [0.15, 0.2) is 11.5 Å². The first kappa shape index (κ1) is 17.7. The van der Waals surface area contributed by atoms with E-state index < -0.39 is 0 Å². The normalized spacial score (nSPS) is 18.3. The Morgan fingerprint density at radius 2 is 2.19 bits per heavy atom. The molecule has 1 saturated heterocycles. The number of hydrogen-bond donors (Lipinski definition) is 2. The quantitative estimate of drug-likeness (QED) is 0.774. The van der Waals surface area contributed by atoms with E-state index in [1.54, 1.807) is 18.2 Å². The third-order valence-corrected chi connectivity index (χ3v) is 4.63. The van der Waals surface area contributed by atoms with Crippen LogP contribution in [0, 0.1) is 0 Å². The van der Waals surface area contributed by atoms with Gasteiger partial charge in [-0.05, 0) is 43.9 Å². The number of ether oxygens (including phenoxy) is 4. The monoisotopic (exact) mass is 373 g/mol. The number of aromatic nitrogens is 2. The molecule has 8 heteroatoms. The number of benzene rings is 1. The summed E-state index contributed by atoms with van der Waals surface area (Å²) in [5, 5.41) is 9.78. The minimum absolute atomic E-state index is 0.198. The van der Waals surface area contributed by atoms with Gasteiger partial charge in [-0.15, -0.1) is 0 Å². The van der Waals surface area contributed by atoms with Crippen molar-refractivity contribution in [2.45, 2.75) is 38.4 Å². The van der Waals surface area contributed by atoms with E-state index in [0.29, 0.717) is 35.2 Å². The molecule has 0 unspecified atom stereocenters. The molecular weight excluding hydrogens is 350 g/mol. The Labute approximate surface area is 157 Å². The van der Waals surface area contributed by atoms with E-state index in [9.17, 15) is 4.79 Å². The Balaban J connectivity index is 1.23. The Morgan fingerprint density at radius 3 is 3.07 bits per heavy atom. The average molecular weight is 373 g/mol. The molecule has 0 radical (unpaired) electrons. The van der Waals surface area contributed by atoms with Crippen molar-refractivity contribution in [2.75, 3.05) is 19.9 Å². The van der Waals surface area contributed by atoms with Crippen molar-refractivity contribution in [3.63, 3.8) is 0 Å².